The number of nitrogens with two attached hydrogens (primary N) is 2. The van der Waals surface area contributed by atoms with Gasteiger partial charge in [-0.2, -0.15) is 4.98 Å². The van der Waals surface area contributed by atoms with Gasteiger partial charge >= 0.3 is 0 Å². The van der Waals surface area contributed by atoms with Crippen LogP contribution in [0.5, 0.6) is 5.75 Å². The summed E-state index contributed by atoms with van der Waals surface area (Å²) < 4.78 is 7.22. The van der Waals surface area contributed by atoms with Gasteiger partial charge in [-0.15, -0.1) is 0 Å². The molecule has 184 valence electrons. The number of rotatable bonds is 12. The molecule has 0 amide bonds. The highest BCUT2D eigenvalue weighted by molar-refractivity contribution is 5.89. The fourth-order valence-electron chi connectivity index (χ4n) is 3.99. The summed E-state index contributed by atoms with van der Waals surface area (Å²) >= 11 is 0. The summed E-state index contributed by atoms with van der Waals surface area (Å²) in [6.45, 7) is 4.42. The number of methoxy groups -OCH3 is 1. The van der Waals surface area contributed by atoms with Gasteiger partial charge in [0.05, 0.1) is 31.8 Å². The van der Waals surface area contributed by atoms with Crippen LogP contribution in [0.4, 0.5) is 11.8 Å². The summed E-state index contributed by atoms with van der Waals surface area (Å²) in [4.78, 5) is 24.1. The number of benzene rings is 1. The summed E-state index contributed by atoms with van der Waals surface area (Å²) in [6.07, 6.45) is 3.30. The minimum atomic E-state index is -0.248. The summed E-state index contributed by atoms with van der Waals surface area (Å²) in [6, 6.07) is 7.51. The van der Waals surface area contributed by atoms with Crippen LogP contribution in [0.3, 0.4) is 0 Å². The molecule has 2 heterocycles. The van der Waals surface area contributed by atoms with Crippen LogP contribution in [0.2, 0.25) is 0 Å². The number of hydrogen-bond donors (Lipinski definition) is 4. The second-order valence-corrected chi connectivity index (χ2v) is 8.42. The maximum Gasteiger partial charge on any atom is 0.264 e. The second kappa shape index (κ2) is 11.8. The Hall–Kier alpha value is -3.21. The van der Waals surface area contributed by atoms with Crippen LogP contribution < -0.4 is 27.1 Å². The van der Waals surface area contributed by atoms with Crippen molar-refractivity contribution in [2.75, 3.05) is 44.9 Å². The number of nitrogens with one attached hydrogen (secondary N) is 1. The zero-order valence-corrected chi connectivity index (χ0v) is 20.1. The van der Waals surface area contributed by atoms with E-state index in [0.29, 0.717) is 35.6 Å². The monoisotopic (exact) mass is 469 g/mol. The van der Waals surface area contributed by atoms with Crippen molar-refractivity contribution in [1.29, 1.82) is 0 Å². The van der Waals surface area contributed by atoms with Gasteiger partial charge in [0.15, 0.2) is 0 Å². The van der Waals surface area contributed by atoms with E-state index in [0.717, 1.165) is 37.1 Å². The first-order valence-electron chi connectivity index (χ1n) is 11.5. The van der Waals surface area contributed by atoms with Crippen molar-refractivity contribution in [1.82, 2.24) is 19.4 Å². The number of aliphatic hydroxyl groups is 1. The lowest BCUT2D eigenvalue weighted by Gasteiger charge is -2.18. The van der Waals surface area contributed by atoms with E-state index >= 15 is 0 Å². The largest absolute Gasteiger partial charge is 0.496 e. The molecule has 0 aliphatic heterocycles. The van der Waals surface area contributed by atoms with E-state index in [2.05, 4.69) is 20.2 Å². The summed E-state index contributed by atoms with van der Waals surface area (Å²) in [5, 5.41) is 13.2. The molecular weight excluding hydrogens is 434 g/mol. The van der Waals surface area contributed by atoms with Crippen molar-refractivity contribution >= 4 is 22.7 Å². The average Bonchev–Trinajstić information content (AvgIpc) is 2.81. The lowest BCUT2D eigenvalue weighted by molar-refractivity contribution is 0.268. The third-order valence-corrected chi connectivity index (χ3v) is 5.70. The fourth-order valence-corrected chi connectivity index (χ4v) is 3.99. The molecular formula is C24H35N7O3. The number of nitrogens with zero attached hydrogens (tertiary/aromatic N) is 4. The van der Waals surface area contributed by atoms with Gasteiger partial charge in [-0.3, -0.25) is 4.79 Å². The molecule has 6 N–H and O–H groups in total. The van der Waals surface area contributed by atoms with Gasteiger partial charge < -0.3 is 36.1 Å². The molecule has 10 heteroatoms. The van der Waals surface area contributed by atoms with E-state index in [1.807, 2.05) is 32.2 Å². The standard InChI is InChI=1S/C24H35N7O3/c1-4-5-18(15-32)27-22-21-19(28-24(26)29-22)8-10-31(23(21)33)14-17-7-6-16(12-20(17)34-3)13-30(2)11-9-25/h6-8,10,12,18,32H,4-5,9,11,13-15,25H2,1-3H3,(H3,26,27,28,29)/t18-/m0/s1. The molecule has 0 spiro atoms. The lowest BCUT2D eigenvalue weighted by atomic mass is 10.1. The van der Waals surface area contributed by atoms with Crippen molar-refractivity contribution in [3.8, 4) is 5.75 Å². The Morgan fingerprint density at radius 2 is 2.09 bits per heavy atom. The number of ether oxygens (including phenoxy) is 1. The van der Waals surface area contributed by atoms with Crippen LogP contribution in [0.25, 0.3) is 10.9 Å². The molecule has 1 atom stereocenters. The molecule has 10 nitrogen and oxygen atoms in total. The van der Waals surface area contributed by atoms with Gasteiger partial charge in [0, 0.05) is 31.4 Å². The van der Waals surface area contributed by atoms with Gasteiger partial charge in [-0.1, -0.05) is 25.5 Å². The highest BCUT2D eigenvalue weighted by atomic mass is 16.5. The molecule has 0 bridgehead atoms. The summed E-state index contributed by atoms with van der Waals surface area (Å²) in [7, 11) is 3.64. The number of aromatic nitrogens is 3. The Morgan fingerprint density at radius 3 is 2.76 bits per heavy atom. The quantitative estimate of drug-likeness (QED) is 0.309. The smallest absolute Gasteiger partial charge is 0.264 e. The normalized spacial score (nSPS) is 12.3. The SMILES string of the molecule is CCC[C@@H](CO)Nc1nc(N)nc2ccn(Cc3ccc(CN(C)CCN)cc3OC)c(=O)c12. The predicted molar refractivity (Wildman–Crippen MR) is 135 cm³/mol. The van der Waals surface area contributed by atoms with Gasteiger partial charge in [0.25, 0.3) is 5.56 Å². The van der Waals surface area contributed by atoms with Gasteiger partial charge in [-0.05, 0) is 31.2 Å². The Morgan fingerprint density at radius 1 is 1.29 bits per heavy atom. The molecule has 0 radical (unpaired) electrons. The maximum atomic E-state index is 13.5. The van der Waals surface area contributed by atoms with Crippen molar-refractivity contribution in [2.24, 2.45) is 5.73 Å². The fraction of sp³-hybridized carbons (Fsp3) is 0.458. The predicted octanol–water partition coefficient (Wildman–Crippen LogP) is 1.39. The van der Waals surface area contributed by atoms with Crippen LogP contribution in [0.1, 0.15) is 30.9 Å². The Kier molecular flexibility index (Phi) is 8.80. The molecule has 0 saturated carbocycles. The third kappa shape index (κ3) is 6.02. The Labute approximate surface area is 199 Å². The number of hydrogen-bond acceptors (Lipinski definition) is 9. The third-order valence-electron chi connectivity index (χ3n) is 5.70. The molecule has 3 rings (SSSR count). The molecule has 0 fully saturated rings. The van der Waals surface area contributed by atoms with Crippen molar-refractivity contribution in [2.45, 2.75) is 38.9 Å². The Balaban J connectivity index is 1.96. The molecule has 1 aromatic carbocycles. The van der Waals surface area contributed by atoms with Crippen LogP contribution in [-0.2, 0) is 13.1 Å². The molecule has 0 unspecified atom stereocenters. The molecule has 0 saturated heterocycles. The van der Waals surface area contributed by atoms with E-state index in [-0.39, 0.29) is 24.2 Å². The van der Waals surface area contributed by atoms with E-state index in [9.17, 15) is 9.90 Å². The topological polar surface area (TPSA) is 145 Å². The summed E-state index contributed by atoms with van der Waals surface area (Å²) in [5.41, 5.74) is 13.7. The number of likely N-dealkylation sites (N-methyl/N-ethyl adjacent to an activating group) is 1. The maximum absolute atomic E-state index is 13.5. The van der Waals surface area contributed by atoms with Crippen LogP contribution in [0, 0.1) is 0 Å². The number of anilines is 2. The Bertz CT molecular complexity index is 1170. The second-order valence-electron chi connectivity index (χ2n) is 8.42. The zero-order chi connectivity index (χ0) is 24.7. The molecule has 0 aliphatic carbocycles. The van der Waals surface area contributed by atoms with E-state index < -0.39 is 0 Å². The van der Waals surface area contributed by atoms with Gasteiger partial charge in [-0.25, -0.2) is 4.98 Å². The van der Waals surface area contributed by atoms with Crippen molar-refractivity contribution in [3.05, 3.63) is 51.9 Å². The first kappa shape index (κ1) is 25.4. The minimum Gasteiger partial charge on any atom is -0.496 e. The van der Waals surface area contributed by atoms with E-state index in [4.69, 9.17) is 16.2 Å². The number of nitrogen functional groups attached to an aromatic ring is 1. The molecule has 0 aliphatic rings. The zero-order valence-electron chi connectivity index (χ0n) is 20.1. The number of pyridine rings is 1. The highest BCUT2D eigenvalue weighted by Crippen LogP contribution is 2.23. The van der Waals surface area contributed by atoms with Crippen molar-refractivity contribution in [3.63, 3.8) is 0 Å². The van der Waals surface area contributed by atoms with Crippen molar-refractivity contribution < 1.29 is 9.84 Å². The van der Waals surface area contributed by atoms with Gasteiger partial charge in [0.2, 0.25) is 5.95 Å². The van der Waals surface area contributed by atoms with Crippen LogP contribution in [0.15, 0.2) is 35.3 Å². The molecule has 2 aromatic heterocycles. The highest BCUT2D eigenvalue weighted by Gasteiger charge is 2.16. The van der Waals surface area contributed by atoms with E-state index in [1.54, 1.807) is 23.9 Å². The summed E-state index contributed by atoms with van der Waals surface area (Å²) in [5.74, 6) is 1.11. The minimum absolute atomic E-state index is 0.0669. The van der Waals surface area contributed by atoms with E-state index in [1.165, 1.54) is 0 Å². The first-order chi connectivity index (χ1) is 16.4. The van der Waals surface area contributed by atoms with Gasteiger partial charge in [0.1, 0.15) is 17.0 Å². The van der Waals surface area contributed by atoms with Crippen LogP contribution >= 0.6 is 0 Å². The molecule has 34 heavy (non-hydrogen) atoms. The van der Waals surface area contributed by atoms with Crippen LogP contribution in [-0.4, -0.2) is 64.4 Å². The first-order valence-corrected chi connectivity index (χ1v) is 11.5. The number of aliphatic hydroxyl groups excluding tert-OH is 1. The molecule has 3 aromatic rings. The average molecular weight is 470 g/mol. The number of fused-ring (bicyclic) bond motifs is 1. The lowest BCUT2D eigenvalue weighted by Crippen LogP contribution is -2.27.